The van der Waals surface area contributed by atoms with Gasteiger partial charge >= 0.3 is 0 Å². The van der Waals surface area contributed by atoms with Crippen LogP contribution >= 0.6 is 0 Å². The van der Waals surface area contributed by atoms with Crippen LogP contribution in [0.5, 0.6) is 11.5 Å². The number of nitrogens with one attached hydrogen (secondary N) is 1. The highest BCUT2D eigenvalue weighted by atomic mass is 16.5. The zero-order chi connectivity index (χ0) is 13.7. The van der Waals surface area contributed by atoms with Crippen LogP contribution in [0.4, 0.5) is 0 Å². The van der Waals surface area contributed by atoms with Crippen LogP contribution in [-0.2, 0) is 11.3 Å². The molecule has 0 radical (unpaired) electrons. The van der Waals surface area contributed by atoms with Crippen LogP contribution in [0, 0.1) is 12.8 Å². The number of carbonyl (C=O) groups is 1. The average Bonchev–Trinajstić information content (AvgIpc) is 2.35. The molecule has 0 aliphatic heterocycles. The van der Waals surface area contributed by atoms with E-state index in [9.17, 15) is 4.79 Å². The Bertz CT molecular complexity index is 427. The summed E-state index contributed by atoms with van der Waals surface area (Å²) in [6, 6.07) is 3.79. The Kier molecular flexibility index (Phi) is 5.01. The number of amides is 1. The van der Waals surface area contributed by atoms with E-state index >= 15 is 0 Å². The van der Waals surface area contributed by atoms with Gasteiger partial charge in [-0.05, 0) is 19.1 Å². The maximum absolute atomic E-state index is 11.5. The molecule has 0 aliphatic carbocycles. The Morgan fingerprint density at radius 3 is 2.44 bits per heavy atom. The highest BCUT2D eigenvalue weighted by Gasteiger charge is 2.12. The quantitative estimate of drug-likeness (QED) is 0.873. The summed E-state index contributed by atoms with van der Waals surface area (Å²) in [4.78, 5) is 11.5. The monoisotopic (exact) mass is 251 g/mol. The zero-order valence-corrected chi connectivity index (χ0v) is 11.7. The molecule has 0 aromatic heterocycles. The molecule has 1 rings (SSSR count). The molecule has 100 valence electrons. The lowest BCUT2D eigenvalue weighted by Crippen LogP contribution is -2.27. The van der Waals surface area contributed by atoms with E-state index in [1.165, 1.54) is 0 Å². The van der Waals surface area contributed by atoms with E-state index in [-0.39, 0.29) is 11.8 Å². The smallest absolute Gasteiger partial charge is 0.222 e. The van der Waals surface area contributed by atoms with E-state index in [1.807, 2.05) is 32.9 Å². The molecule has 0 saturated heterocycles. The first-order valence-corrected chi connectivity index (χ1v) is 5.99. The van der Waals surface area contributed by atoms with Crippen molar-refractivity contribution < 1.29 is 14.3 Å². The normalized spacial score (nSPS) is 10.3. The first kappa shape index (κ1) is 14.4. The van der Waals surface area contributed by atoms with Gasteiger partial charge in [-0.3, -0.25) is 4.79 Å². The minimum absolute atomic E-state index is 0.0182. The molecule has 1 aromatic carbocycles. The maximum Gasteiger partial charge on any atom is 0.222 e. The summed E-state index contributed by atoms with van der Waals surface area (Å²) in [7, 11) is 3.25. The van der Waals surface area contributed by atoms with Gasteiger partial charge in [-0.2, -0.15) is 0 Å². The van der Waals surface area contributed by atoms with Crippen molar-refractivity contribution in [2.45, 2.75) is 27.3 Å². The van der Waals surface area contributed by atoms with Crippen molar-refractivity contribution in [3.8, 4) is 11.5 Å². The third-order valence-corrected chi connectivity index (χ3v) is 2.84. The lowest BCUT2D eigenvalue weighted by atomic mass is 10.1. The molecule has 18 heavy (non-hydrogen) atoms. The Balaban J connectivity index is 2.89. The molecule has 0 saturated carbocycles. The summed E-state index contributed by atoms with van der Waals surface area (Å²) < 4.78 is 10.6. The molecule has 4 nitrogen and oxygen atoms in total. The van der Waals surface area contributed by atoms with Gasteiger partial charge < -0.3 is 14.8 Å². The van der Waals surface area contributed by atoms with Gasteiger partial charge in [0.05, 0.1) is 14.2 Å². The number of hydrogen-bond acceptors (Lipinski definition) is 3. The van der Waals surface area contributed by atoms with Gasteiger partial charge in [-0.15, -0.1) is 0 Å². The topological polar surface area (TPSA) is 47.6 Å². The van der Waals surface area contributed by atoms with Gasteiger partial charge in [0.2, 0.25) is 5.91 Å². The Labute approximate surface area is 108 Å². The van der Waals surface area contributed by atoms with Crippen LogP contribution in [0.15, 0.2) is 12.1 Å². The molecule has 4 heteroatoms. The highest BCUT2D eigenvalue weighted by Crippen LogP contribution is 2.31. The molecular weight excluding hydrogens is 230 g/mol. The van der Waals surface area contributed by atoms with Crippen LogP contribution in [0.25, 0.3) is 0 Å². The molecule has 1 aromatic rings. The third-order valence-electron chi connectivity index (χ3n) is 2.84. The predicted molar refractivity (Wildman–Crippen MR) is 71.0 cm³/mol. The fourth-order valence-electron chi connectivity index (χ4n) is 1.76. The second kappa shape index (κ2) is 6.28. The Morgan fingerprint density at radius 1 is 1.28 bits per heavy atom. The number of benzene rings is 1. The lowest BCUT2D eigenvalue weighted by molar-refractivity contribution is -0.124. The molecular formula is C14H21NO3. The minimum atomic E-state index is -0.0182. The first-order valence-electron chi connectivity index (χ1n) is 5.99. The minimum Gasteiger partial charge on any atom is -0.496 e. The van der Waals surface area contributed by atoms with Crippen molar-refractivity contribution in [3.05, 3.63) is 23.3 Å². The van der Waals surface area contributed by atoms with Crippen molar-refractivity contribution in [1.29, 1.82) is 0 Å². The van der Waals surface area contributed by atoms with Gasteiger partial charge in [0.1, 0.15) is 11.5 Å². The van der Waals surface area contributed by atoms with Crippen LogP contribution in [0.3, 0.4) is 0 Å². The van der Waals surface area contributed by atoms with E-state index in [0.717, 1.165) is 22.6 Å². The van der Waals surface area contributed by atoms with Gasteiger partial charge in [0, 0.05) is 23.6 Å². The molecule has 0 unspecified atom stereocenters. The Hall–Kier alpha value is -1.71. The first-order chi connectivity index (χ1) is 8.51. The zero-order valence-electron chi connectivity index (χ0n) is 11.7. The molecule has 1 N–H and O–H groups in total. The summed E-state index contributed by atoms with van der Waals surface area (Å²) >= 11 is 0. The second-order valence-electron chi connectivity index (χ2n) is 4.46. The van der Waals surface area contributed by atoms with Crippen molar-refractivity contribution >= 4 is 5.91 Å². The van der Waals surface area contributed by atoms with Crippen molar-refractivity contribution in [3.63, 3.8) is 0 Å². The fourth-order valence-corrected chi connectivity index (χ4v) is 1.76. The summed E-state index contributed by atoms with van der Waals surface area (Å²) in [5.41, 5.74) is 1.89. The van der Waals surface area contributed by atoms with Crippen LogP contribution in [-0.4, -0.2) is 20.1 Å². The van der Waals surface area contributed by atoms with E-state index in [2.05, 4.69) is 5.32 Å². The second-order valence-corrected chi connectivity index (χ2v) is 4.46. The summed E-state index contributed by atoms with van der Waals surface area (Å²) in [6.07, 6.45) is 0. The largest absolute Gasteiger partial charge is 0.496 e. The number of ether oxygens (including phenoxy) is 2. The van der Waals surface area contributed by atoms with E-state index in [1.54, 1.807) is 14.2 Å². The van der Waals surface area contributed by atoms with Gasteiger partial charge in [-0.25, -0.2) is 0 Å². The number of methoxy groups -OCH3 is 2. The molecule has 0 heterocycles. The SMILES string of the molecule is COc1ccc(CNC(=O)C(C)C)c(OC)c1C. The summed E-state index contributed by atoms with van der Waals surface area (Å²) in [5.74, 6) is 1.56. The molecule has 1 amide bonds. The third kappa shape index (κ3) is 3.15. The molecule has 0 fully saturated rings. The fraction of sp³-hybridized carbons (Fsp3) is 0.500. The number of rotatable bonds is 5. The average molecular weight is 251 g/mol. The van der Waals surface area contributed by atoms with Crippen LogP contribution in [0.1, 0.15) is 25.0 Å². The summed E-state index contributed by atoms with van der Waals surface area (Å²) in [6.45, 7) is 6.13. The van der Waals surface area contributed by atoms with Gasteiger partial charge in [0.15, 0.2) is 0 Å². The lowest BCUT2D eigenvalue weighted by Gasteiger charge is -2.15. The van der Waals surface area contributed by atoms with Crippen molar-refractivity contribution in [2.24, 2.45) is 5.92 Å². The van der Waals surface area contributed by atoms with Crippen LogP contribution in [0.2, 0.25) is 0 Å². The number of carbonyl (C=O) groups excluding carboxylic acids is 1. The van der Waals surface area contributed by atoms with Crippen molar-refractivity contribution in [1.82, 2.24) is 5.32 Å². The maximum atomic E-state index is 11.5. The molecule has 0 spiro atoms. The Morgan fingerprint density at radius 2 is 1.94 bits per heavy atom. The predicted octanol–water partition coefficient (Wildman–Crippen LogP) is 2.28. The van der Waals surface area contributed by atoms with E-state index in [4.69, 9.17) is 9.47 Å². The molecule has 0 atom stereocenters. The summed E-state index contributed by atoms with van der Waals surface area (Å²) in [5, 5.41) is 2.88. The van der Waals surface area contributed by atoms with Crippen molar-refractivity contribution in [2.75, 3.05) is 14.2 Å². The van der Waals surface area contributed by atoms with Crippen LogP contribution < -0.4 is 14.8 Å². The standard InChI is InChI=1S/C14H21NO3/c1-9(2)14(16)15-8-11-6-7-12(17-4)10(3)13(11)18-5/h6-7,9H,8H2,1-5H3,(H,15,16). The molecule has 0 bridgehead atoms. The van der Waals surface area contributed by atoms with E-state index < -0.39 is 0 Å². The highest BCUT2D eigenvalue weighted by molar-refractivity contribution is 5.77. The van der Waals surface area contributed by atoms with Gasteiger partial charge in [-0.1, -0.05) is 13.8 Å². The molecule has 0 aliphatic rings. The van der Waals surface area contributed by atoms with Gasteiger partial charge in [0.25, 0.3) is 0 Å². The van der Waals surface area contributed by atoms with E-state index in [0.29, 0.717) is 6.54 Å². The number of hydrogen-bond donors (Lipinski definition) is 1.